The number of fused-ring (bicyclic) bond motifs is 3. The average Bonchev–Trinajstić information content (AvgIpc) is 3.57. The number of ketones is 1. The maximum atomic E-state index is 13.1. The van der Waals surface area contributed by atoms with E-state index in [1.165, 1.54) is 60.7 Å². The molecule has 1 atom stereocenters. The Kier molecular flexibility index (Phi) is 6.79. The minimum Gasteiger partial charge on any atom is -0.381 e. The predicted octanol–water partition coefficient (Wildman–Crippen LogP) is 6.91. The highest BCUT2D eigenvalue weighted by atomic mass is 16.5. The molecule has 1 aromatic heterocycles. The zero-order valence-electron chi connectivity index (χ0n) is 20.7. The number of allylic oxidation sites excluding steroid dienone is 1. The fourth-order valence-electron chi connectivity index (χ4n) is 6.33. The second-order valence-corrected chi connectivity index (χ2v) is 11.3. The number of aryl methyl sites for hydroxylation is 1. The first-order valence-electron chi connectivity index (χ1n) is 13.4. The van der Waals surface area contributed by atoms with Crippen LogP contribution in [0, 0.1) is 29.6 Å². The monoisotopic (exact) mass is 447 g/mol. The van der Waals surface area contributed by atoms with Crippen molar-refractivity contribution in [1.29, 1.82) is 0 Å². The van der Waals surface area contributed by atoms with Crippen molar-refractivity contribution in [2.24, 2.45) is 36.6 Å². The summed E-state index contributed by atoms with van der Waals surface area (Å²) in [5, 5.41) is 1.33. The van der Waals surface area contributed by atoms with Crippen LogP contribution in [0.2, 0.25) is 0 Å². The third-order valence-electron chi connectivity index (χ3n) is 8.84. The lowest BCUT2D eigenvalue weighted by molar-refractivity contribution is 0.0439. The summed E-state index contributed by atoms with van der Waals surface area (Å²) in [7, 11) is 2.20. The van der Waals surface area contributed by atoms with E-state index in [0.717, 1.165) is 62.2 Å². The van der Waals surface area contributed by atoms with E-state index >= 15 is 0 Å². The maximum Gasteiger partial charge on any atom is 0.165 e. The first-order valence-corrected chi connectivity index (χ1v) is 13.4. The van der Waals surface area contributed by atoms with Crippen molar-refractivity contribution in [2.45, 2.75) is 71.1 Å². The van der Waals surface area contributed by atoms with E-state index in [4.69, 9.17) is 4.74 Å². The second kappa shape index (κ2) is 9.78. The molecule has 4 aliphatic rings. The summed E-state index contributed by atoms with van der Waals surface area (Å²) in [6.07, 6.45) is 14.1. The molecule has 1 unspecified atom stereocenters. The molecule has 0 amide bonds. The summed E-state index contributed by atoms with van der Waals surface area (Å²) in [6, 6.07) is 6.46. The first-order chi connectivity index (χ1) is 16.0. The van der Waals surface area contributed by atoms with E-state index in [1.54, 1.807) is 0 Å². The van der Waals surface area contributed by atoms with Crippen LogP contribution in [0.4, 0.5) is 0 Å². The Morgan fingerprint density at radius 2 is 1.85 bits per heavy atom. The smallest absolute Gasteiger partial charge is 0.165 e. The topological polar surface area (TPSA) is 31.2 Å². The first kappa shape index (κ1) is 22.9. The summed E-state index contributed by atoms with van der Waals surface area (Å²) >= 11 is 0. The van der Waals surface area contributed by atoms with Gasteiger partial charge in [-0.1, -0.05) is 25.8 Å². The number of nitrogens with zero attached hydrogens (tertiary/aromatic N) is 1. The van der Waals surface area contributed by atoms with E-state index in [1.807, 2.05) is 6.08 Å². The summed E-state index contributed by atoms with van der Waals surface area (Å²) in [5.74, 6) is 3.87. The quantitative estimate of drug-likeness (QED) is 0.368. The fourth-order valence-corrected chi connectivity index (χ4v) is 6.33. The van der Waals surface area contributed by atoms with Gasteiger partial charge in [-0.2, -0.15) is 0 Å². The lowest BCUT2D eigenvalue weighted by atomic mass is 9.70. The molecule has 0 N–H and O–H groups in total. The highest BCUT2D eigenvalue weighted by Gasteiger charge is 2.35. The van der Waals surface area contributed by atoms with E-state index < -0.39 is 0 Å². The van der Waals surface area contributed by atoms with Crippen molar-refractivity contribution in [3.63, 3.8) is 0 Å². The van der Waals surface area contributed by atoms with Crippen LogP contribution in [-0.2, 0) is 24.6 Å². The molecule has 3 aliphatic carbocycles. The molecule has 1 aliphatic heterocycles. The minimum atomic E-state index is 0.215. The molecule has 3 fully saturated rings. The third kappa shape index (κ3) is 4.85. The van der Waals surface area contributed by atoms with Gasteiger partial charge in [0.2, 0.25) is 0 Å². The molecule has 0 spiro atoms. The number of carbonyl (C=O) groups is 1. The zero-order valence-corrected chi connectivity index (χ0v) is 20.7. The molecule has 1 aromatic carbocycles. The van der Waals surface area contributed by atoms with Crippen LogP contribution in [0.5, 0.6) is 0 Å². The van der Waals surface area contributed by atoms with Crippen molar-refractivity contribution in [2.75, 3.05) is 13.2 Å². The molecule has 2 heterocycles. The van der Waals surface area contributed by atoms with Crippen LogP contribution in [-0.4, -0.2) is 23.6 Å². The van der Waals surface area contributed by atoms with Crippen molar-refractivity contribution in [3.05, 3.63) is 47.7 Å². The van der Waals surface area contributed by atoms with Gasteiger partial charge in [-0.3, -0.25) is 4.79 Å². The number of hydrogen-bond acceptors (Lipinski definition) is 2. The van der Waals surface area contributed by atoms with Gasteiger partial charge >= 0.3 is 0 Å². The Balaban J connectivity index is 0.000000517. The van der Waals surface area contributed by atoms with Crippen molar-refractivity contribution in [3.8, 4) is 0 Å². The van der Waals surface area contributed by atoms with Crippen molar-refractivity contribution >= 4 is 16.7 Å². The molecule has 6 rings (SSSR count). The number of carbonyl (C=O) groups excluding carboxylic acids is 1. The number of aromatic nitrogens is 1. The molecule has 33 heavy (non-hydrogen) atoms. The SMILES string of the molecule is C=CCC1CC(C(=O)c2ccc3c(c2)c2c(n3C)CCC(C3CCOCC3)C2)C1.CC1CC1. The van der Waals surface area contributed by atoms with Gasteiger partial charge in [0.05, 0.1) is 0 Å². The van der Waals surface area contributed by atoms with E-state index in [-0.39, 0.29) is 5.92 Å². The van der Waals surface area contributed by atoms with Gasteiger partial charge in [0.15, 0.2) is 5.78 Å². The normalized spacial score (nSPS) is 27.3. The molecule has 0 radical (unpaired) electrons. The summed E-state index contributed by atoms with van der Waals surface area (Å²) in [6.45, 7) is 7.97. The van der Waals surface area contributed by atoms with E-state index in [2.05, 4.69) is 43.3 Å². The third-order valence-corrected chi connectivity index (χ3v) is 8.84. The highest BCUT2D eigenvalue weighted by Crippen LogP contribution is 2.41. The fraction of sp³-hybridized carbons (Fsp3) is 0.633. The predicted molar refractivity (Wildman–Crippen MR) is 136 cm³/mol. The Morgan fingerprint density at radius 3 is 2.52 bits per heavy atom. The number of ether oxygens (including phenoxy) is 1. The van der Waals surface area contributed by atoms with Gasteiger partial charge in [0, 0.05) is 48.3 Å². The molecular weight excluding hydrogens is 406 g/mol. The van der Waals surface area contributed by atoms with Crippen LogP contribution in [0.25, 0.3) is 10.9 Å². The Labute approximate surface area is 199 Å². The number of hydrogen-bond donors (Lipinski definition) is 0. The van der Waals surface area contributed by atoms with Gasteiger partial charge < -0.3 is 9.30 Å². The van der Waals surface area contributed by atoms with Crippen LogP contribution in [0.15, 0.2) is 30.9 Å². The summed E-state index contributed by atoms with van der Waals surface area (Å²) in [5.41, 5.74) is 5.21. The van der Waals surface area contributed by atoms with Crippen LogP contribution >= 0.6 is 0 Å². The van der Waals surface area contributed by atoms with Gasteiger partial charge in [0.25, 0.3) is 0 Å². The molecular formula is C30H41NO2. The minimum absolute atomic E-state index is 0.215. The van der Waals surface area contributed by atoms with Gasteiger partial charge in [-0.15, -0.1) is 6.58 Å². The van der Waals surface area contributed by atoms with Gasteiger partial charge in [-0.25, -0.2) is 0 Å². The molecule has 2 saturated carbocycles. The zero-order chi connectivity index (χ0) is 22.9. The number of rotatable bonds is 5. The van der Waals surface area contributed by atoms with Gasteiger partial charge in [0.1, 0.15) is 0 Å². The van der Waals surface area contributed by atoms with Crippen molar-refractivity contribution < 1.29 is 9.53 Å². The Morgan fingerprint density at radius 1 is 1.12 bits per heavy atom. The van der Waals surface area contributed by atoms with Gasteiger partial charge in [-0.05, 0) is 98.8 Å². The standard InChI is InChI=1S/C26H33NO2.C4H8/c1-3-4-17-13-21(14-17)26(28)20-6-8-25-23(16-20)22-15-19(5-7-24(22)27(25)2)18-9-11-29-12-10-18;1-4-2-3-4/h3,6,8,16-19,21H,1,4-5,7,9-15H2,2H3;4H,2-3H2,1H3. The molecule has 3 heteroatoms. The lowest BCUT2D eigenvalue weighted by Gasteiger charge is -2.34. The molecule has 0 bridgehead atoms. The highest BCUT2D eigenvalue weighted by molar-refractivity contribution is 6.02. The lowest BCUT2D eigenvalue weighted by Crippen LogP contribution is -2.30. The Hall–Kier alpha value is -1.87. The van der Waals surface area contributed by atoms with Crippen LogP contribution < -0.4 is 0 Å². The number of Topliss-reactive ketones (excluding diaryl/α,β-unsaturated/α-hetero) is 1. The molecule has 178 valence electrons. The average molecular weight is 448 g/mol. The number of benzene rings is 1. The summed E-state index contributed by atoms with van der Waals surface area (Å²) < 4.78 is 7.97. The summed E-state index contributed by atoms with van der Waals surface area (Å²) in [4.78, 5) is 13.1. The van der Waals surface area contributed by atoms with E-state index in [9.17, 15) is 4.79 Å². The molecule has 1 saturated heterocycles. The van der Waals surface area contributed by atoms with E-state index in [0.29, 0.717) is 11.7 Å². The largest absolute Gasteiger partial charge is 0.381 e. The molecule has 3 nitrogen and oxygen atoms in total. The second-order valence-electron chi connectivity index (χ2n) is 11.3. The Bertz CT molecular complexity index is 1000. The molecule has 2 aromatic rings. The van der Waals surface area contributed by atoms with Crippen LogP contribution in [0.3, 0.4) is 0 Å². The van der Waals surface area contributed by atoms with Crippen molar-refractivity contribution in [1.82, 2.24) is 4.57 Å². The van der Waals surface area contributed by atoms with Crippen LogP contribution in [0.1, 0.15) is 79.9 Å². The maximum absolute atomic E-state index is 13.1.